The predicted octanol–water partition coefficient (Wildman–Crippen LogP) is 4.78. The Kier molecular flexibility index (Phi) is 8.88. The number of benzene rings is 1. The molecule has 0 unspecified atom stereocenters. The molecule has 0 aliphatic heterocycles. The molecule has 2 aliphatic carbocycles. The number of hydrogen-bond acceptors (Lipinski definition) is 4. The molecule has 182 valence electrons. The highest BCUT2D eigenvalue weighted by Crippen LogP contribution is 2.47. The normalized spacial score (nSPS) is 25.8. The summed E-state index contributed by atoms with van der Waals surface area (Å²) in [7, 11) is 1.88. The van der Waals surface area contributed by atoms with Gasteiger partial charge in [0.1, 0.15) is 0 Å². The Bertz CT molecular complexity index is 872. The lowest BCUT2D eigenvalue weighted by Gasteiger charge is -2.32. The van der Waals surface area contributed by atoms with Crippen LogP contribution in [0.2, 0.25) is 0 Å². The van der Waals surface area contributed by atoms with E-state index in [9.17, 15) is 15.0 Å². The third-order valence-electron chi connectivity index (χ3n) is 7.16. The van der Waals surface area contributed by atoms with Crippen molar-refractivity contribution in [2.75, 3.05) is 18.6 Å². The molecule has 1 aromatic rings. The van der Waals surface area contributed by atoms with E-state index in [-0.39, 0.29) is 23.5 Å². The first-order valence-electron chi connectivity index (χ1n) is 12.2. The highest BCUT2D eigenvalue weighted by Gasteiger charge is 2.43. The van der Waals surface area contributed by atoms with Gasteiger partial charge < -0.3 is 15.1 Å². The number of allylic oxidation sites excluding steroid dienone is 1. The molecule has 0 heterocycles. The fourth-order valence-electron chi connectivity index (χ4n) is 5.02. The summed E-state index contributed by atoms with van der Waals surface area (Å²) in [4.78, 5) is 14.2. The predicted molar refractivity (Wildman–Crippen MR) is 138 cm³/mol. The maximum atomic E-state index is 12.3. The molecule has 33 heavy (non-hydrogen) atoms. The van der Waals surface area contributed by atoms with E-state index in [1.54, 1.807) is 0 Å². The summed E-state index contributed by atoms with van der Waals surface area (Å²) >= 11 is 1.83. The molecule has 0 bridgehead atoms. The van der Waals surface area contributed by atoms with Crippen LogP contribution in [-0.2, 0) is 11.2 Å². The first-order valence-corrected chi connectivity index (χ1v) is 13.3. The Hall–Kier alpha value is -1.56. The second-order valence-electron chi connectivity index (χ2n) is 10.8. The van der Waals surface area contributed by atoms with Gasteiger partial charge in [0.15, 0.2) is 0 Å². The van der Waals surface area contributed by atoms with Crippen molar-refractivity contribution >= 4 is 17.7 Å². The van der Waals surface area contributed by atoms with Crippen LogP contribution < -0.4 is 0 Å². The molecule has 1 aromatic carbocycles. The number of carbonyl (C=O) groups excluding carboxylic acids is 1. The number of amides is 1. The molecule has 1 fully saturated rings. The van der Waals surface area contributed by atoms with Gasteiger partial charge in [0.05, 0.1) is 12.2 Å². The summed E-state index contributed by atoms with van der Waals surface area (Å²) < 4.78 is 0. The van der Waals surface area contributed by atoms with E-state index >= 15 is 0 Å². The highest BCUT2D eigenvalue weighted by molar-refractivity contribution is 7.99. The number of nitrogens with zero attached hydrogens (tertiary/aromatic N) is 1. The first kappa shape index (κ1) is 26.1. The minimum absolute atomic E-state index is 0.0999. The Morgan fingerprint density at radius 2 is 2.09 bits per heavy atom. The van der Waals surface area contributed by atoms with Crippen LogP contribution in [0, 0.1) is 24.7 Å². The van der Waals surface area contributed by atoms with Crippen LogP contribution >= 0.6 is 11.8 Å². The summed E-state index contributed by atoms with van der Waals surface area (Å²) in [6.07, 6.45) is 8.40. The van der Waals surface area contributed by atoms with Gasteiger partial charge in [-0.25, -0.2) is 0 Å². The molecule has 1 saturated carbocycles. The fourth-order valence-corrected chi connectivity index (χ4v) is 5.96. The topological polar surface area (TPSA) is 60.8 Å². The third kappa shape index (κ3) is 7.21. The van der Waals surface area contributed by atoms with Crippen molar-refractivity contribution in [2.45, 2.75) is 71.1 Å². The van der Waals surface area contributed by atoms with Crippen molar-refractivity contribution in [1.29, 1.82) is 0 Å². The third-order valence-corrected chi connectivity index (χ3v) is 8.23. The molecule has 0 aromatic heterocycles. The number of aryl methyl sites for hydroxylation is 1. The van der Waals surface area contributed by atoms with Gasteiger partial charge in [-0.1, -0.05) is 53.6 Å². The van der Waals surface area contributed by atoms with Gasteiger partial charge in [0, 0.05) is 42.9 Å². The van der Waals surface area contributed by atoms with Gasteiger partial charge in [-0.3, -0.25) is 4.79 Å². The SMILES string of the molecule is Cc1cccc(C[C@H](O)C=C[C@@H]2[C@H]3CC(CSCCC(=O)N(C)C(C)(C)C)=C[C@H]3C[C@H]2O)c1. The lowest BCUT2D eigenvalue weighted by molar-refractivity contribution is -0.133. The van der Waals surface area contributed by atoms with Crippen molar-refractivity contribution in [3.63, 3.8) is 0 Å². The first-order chi connectivity index (χ1) is 15.5. The van der Waals surface area contributed by atoms with Crippen molar-refractivity contribution in [3.05, 3.63) is 59.2 Å². The van der Waals surface area contributed by atoms with Crippen LogP contribution in [0.5, 0.6) is 0 Å². The number of carbonyl (C=O) groups is 1. The van der Waals surface area contributed by atoms with E-state index in [2.05, 4.69) is 52.0 Å². The van der Waals surface area contributed by atoms with Gasteiger partial charge in [0.25, 0.3) is 0 Å². The van der Waals surface area contributed by atoms with E-state index in [4.69, 9.17) is 0 Å². The van der Waals surface area contributed by atoms with Gasteiger partial charge in [-0.05, 0) is 57.9 Å². The summed E-state index contributed by atoms with van der Waals surface area (Å²) in [5.74, 6) is 2.94. The summed E-state index contributed by atoms with van der Waals surface area (Å²) in [6.45, 7) is 8.23. The molecular weight excluding hydrogens is 430 g/mol. The molecule has 0 saturated heterocycles. The van der Waals surface area contributed by atoms with E-state index in [0.717, 1.165) is 29.9 Å². The Labute approximate surface area is 204 Å². The summed E-state index contributed by atoms with van der Waals surface area (Å²) in [5.41, 5.74) is 3.64. The van der Waals surface area contributed by atoms with E-state index in [1.807, 2.05) is 41.9 Å². The van der Waals surface area contributed by atoms with Crippen LogP contribution in [0.1, 0.15) is 51.2 Å². The zero-order valence-corrected chi connectivity index (χ0v) is 21.6. The van der Waals surface area contributed by atoms with Crippen LogP contribution in [-0.4, -0.2) is 57.3 Å². The van der Waals surface area contributed by atoms with E-state index < -0.39 is 6.10 Å². The smallest absolute Gasteiger partial charge is 0.223 e. The number of aliphatic hydroxyl groups is 2. The molecular formula is C28H41NO3S. The number of fused-ring (bicyclic) bond motifs is 1. The molecule has 1 amide bonds. The Morgan fingerprint density at radius 3 is 2.79 bits per heavy atom. The molecule has 3 rings (SSSR count). The summed E-state index contributed by atoms with van der Waals surface area (Å²) in [5, 5.41) is 21.1. The van der Waals surface area contributed by atoms with Crippen molar-refractivity contribution in [3.8, 4) is 0 Å². The van der Waals surface area contributed by atoms with E-state index in [0.29, 0.717) is 24.7 Å². The van der Waals surface area contributed by atoms with Crippen LogP contribution in [0.4, 0.5) is 0 Å². The lowest BCUT2D eigenvalue weighted by Crippen LogP contribution is -2.42. The quantitative estimate of drug-likeness (QED) is 0.402. The fraction of sp³-hybridized carbons (Fsp3) is 0.607. The molecule has 5 heteroatoms. The lowest BCUT2D eigenvalue weighted by atomic mass is 9.89. The van der Waals surface area contributed by atoms with Crippen LogP contribution in [0.15, 0.2) is 48.1 Å². The van der Waals surface area contributed by atoms with Gasteiger partial charge in [-0.2, -0.15) is 11.8 Å². The molecule has 4 nitrogen and oxygen atoms in total. The largest absolute Gasteiger partial charge is 0.392 e. The van der Waals surface area contributed by atoms with Crippen molar-refractivity contribution < 1.29 is 15.0 Å². The summed E-state index contributed by atoms with van der Waals surface area (Å²) in [6, 6.07) is 8.24. The number of rotatable bonds is 9. The average Bonchev–Trinajstić information content (AvgIpc) is 3.24. The minimum atomic E-state index is -0.536. The molecule has 0 radical (unpaired) electrons. The zero-order valence-electron chi connectivity index (χ0n) is 20.8. The minimum Gasteiger partial charge on any atom is -0.392 e. The second-order valence-corrected chi connectivity index (χ2v) is 11.9. The molecule has 0 spiro atoms. The molecule has 5 atom stereocenters. The standard InChI is InChI=1S/C28H41NO3S/c1-19-7-6-8-20(13-19)15-23(30)9-10-24-25-16-21(14-22(25)17-26(24)31)18-33-12-11-27(32)29(5)28(2,3)4/h6-10,13-14,22-26,30-31H,11-12,15-18H2,1-5H3/t22-,23+,24+,25-,26+/m0/s1. The number of thioether (sulfide) groups is 1. The maximum Gasteiger partial charge on any atom is 0.223 e. The van der Waals surface area contributed by atoms with Crippen LogP contribution in [0.3, 0.4) is 0 Å². The zero-order chi connectivity index (χ0) is 24.2. The molecule has 2 N–H and O–H groups in total. The van der Waals surface area contributed by atoms with Gasteiger partial charge in [-0.15, -0.1) is 0 Å². The van der Waals surface area contributed by atoms with Crippen LogP contribution in [0.25, 0.3) is 0 Å². The highest BCUT2D eigenvalue weighted by atomic mass is 32.2. The maximum absolute atomic E-state index is 12.3. The average molecular weight is 472 g/mol. The van der Waals surface area contributed by atoms with Crippen molar-refractivity contribution in [1.82, 2.24) is 4.90 Å². The van der Waals surface area contributed by atoms with Gasteiger partial charge in [0.2, 0.25) is 5.91 Å². The Morgan fingerprint density at radius 1 is 1.33 bits per heavy atom. The van der Waals surface area contributed by atoms with Crippen molar-refractivity contribution in [2.24, 2.45) is 17.8 Å². The van der Waals surface area contributed by atoms with Gasteiger partial charge >= 0.3 is 0 Å². The van der Waals surface area contributed by atoms with E-state index in [1.165, 1.54) is 11.1 Å². The number of hydrogen-bond donors (Lipinski definition) is 2. The second kappa shape index (κ2) is 11.2. The molecule has 2 aliphatic rings. The number of aliphatic hydroxyl groups excluding tert-OH is 2. The Balaban J connectivity index is 1.45. The monoisotopic (exact) mass is 471 g/mol.